The molecule has 1 amide bonds. The molecule has 8 heteroatoms. The Balaban J connectivity index is 1.55. The van der Waals surface area contributed by atoms with Crippen LogP contribution in [0.3, 0.4) is 0 Å². The third kappa shape index (κ3) is 6.58. The average Bonchev–Trinajstić information content (AvgIpc) is 2.92. The molecule has 2 aliphatic carbocycles. The highest BCUT2D eigenvalue weighted by molar-refractivity contribution is 7.76. The van der Waals surface area contributed by atoms with E-state index in [-0.39, 0.29) is 34.8 Å². The fraction of sp³-hybridized carbons (Fsp3) is 0.548. The predicted molar refractivity (Wildman–Crippen MR) is 156 cm³/mol. The lowest BCUT2D eigenvalue weighted by atomic mass is 9.70. The smallest absolute Gasteiger partial charge is 0.280 e. The minimum absolute atomic E-state index is 0.00460. The summed E-state index contributed by atoms with van der Waals surface area (Å²) in [6.45, 7) is 5.88. The van der Waals surface area contributed by atoms with Gasteiger partial charge in [-0.15, -0.1) is 0 Å². The summed E-state index contributed by atoms with van der Waals surface area (Å²) < 4.78 is 23.5. The Labute approximate surface area is 238 Å². The van der Waals surface area contributed by atoms with E-state index in [2.05, 4.69) is 21.4 Å². The normalized spacial score (nSPS) is 33.9. The number of carbonyl (C=O) groups excluding carboxylic acids is 2. The molecule has 6 atom stereocenters. The number of fused-ring (bicyclic) bond motifs is 3. The monoisotopic (exact) mass is 570 g/mol. The van der Waals surface area contributed by atoms with Crippen LogP contribution >= 0.6 is 11.6 Å². The van der Waals surface area contributed by atoms with E-state index in [1.807, 2.05) is 32.1 Å². The minimum atomic E-state index is -2.07. The molecule has 1 saturated carbocycles. The predicted octanol–water partition coefficient (Wildman–Crippen LogP) is 5.85. The van der Waals surface area contributed by atoms with Crippen LogP contribution in [0.15, 0.2) is 58.2 Å². The molecule has 39 heavy (non-hydrogen) atoms. The number of aryl methyl sites for hydroxylation is 1. The van der Waals surface area contributed by atoms with Gasteiger partial charge in [0.2, 0.25) is 0 Å². The first-order valence-corrected chi connectivity index (χ1v) is 15.9. The maximum atomic E-state index is 13.3. The topological polar surface area (TPSA) is 76.0 Å². The summed E-state index contributed by atoms with van der Waals surface area (Å²) in [5.74, 6) is 0.932. The van der Waals surface area contributed by atoms with Crippen molar-refractivity contribution in [2.24, 2.45) is 22.1 Å². The molecule has 0 radical (unpaired) electrons. The van der Waals surface area contributed by atoms with E-state index in [0.29, 0.717) is 31.6 Å². The number of amides is 1. The van der Waals surface area contributed by atoms with Gasteiger partial charge in [0.05, 0.1) is 12.6 Å². The summed E-state index contributed by atoms with van der Waals surface area (Å²) in [5.41, 5.74) is 3.01. The molecule has 5 rings (SSSR count). The van der Waals surface area contributed by atoms with Gasteiger partial charge in [-0.1, -0.05) is 30.7 Å². The highest BCUT2D eigenvalue weighted by atomic mass is 35.5. The molecule has 4 aliphatic rings. The molecule has 2 heterocycles. The van der Waals surface area contributed by atoms with Crippen molar-refractivity contribution in [1.29, 1.82) is 0 Å². The van der Waals surface area contributed by atoms with Gasteiger partial charge in [-0.05, 0) is 98.8 Å². The number of hydrogen-bond donors (Lipinski definition) is 1. The molecular weight excluding hydrogens is 532 g/mol. The molecule has 0 spiro atoms. The summed E-state index contributed by atoms with van der Waals surface area (Å²) in [6.07, 6.45) is 13.2. The minimum Gasteiger partial charge on any atom is -0.496 e. The lowest BCUT2D eigenvalue weighted by Crippen LogP contribution is -2.46. The van der Waals surface area contributed by atoms with E-state index >= 15 is 0 Å². The van der Waals surface area contributed by atoms with Crippen LogP contribution in [0.25, 0.3) is 0 Å². The first-order valence-electron chi connectivity index (χ1n) is 14.3. The summed E-state index contributed by atoms with van der Waals surface area (Å²) in [5, 5.41) is 0.474. The zero-order chi connectivity index (χ0) is 27.5. The average molecular weight is 571 g/mol. The van der Waals surface area contributed by atoms with Crippen LogP contribution in [0.2, 0.25) is 5.02 Å². The molecule has 1 aromatic rings. The largest absolute Gasteiger partial charge is 0.496 e. The van der Waals surface area contributed by atoms with Crippen molar-refractivity contribution in [3.63, 3.8) is 0 Å². The number of ether oxygens (including phenoxy) is 1. The number of nitrogens with zero attached hydrogens (tertiary/aromatic N) is 2. The highest BCUT2D eigenvalue weighted by Crippen LogP contribution is 2.39. The molecule has 0 aromatic heterocycles. The first kappa shape index (κ1) is 28.3. The van der Waals surface area contributed by atoms with Crippen LogP contribution in [-0.2, 0) is 37.9 Å². The van der Waals surface area contributed by atoms with E-state index < -0.39 is 16.5 Å². The van der Waals surface area contributed by atoms with Crippen molar-refractivity contribution in [2.75, 3.05) is 13.2 Å². The Hall–Kier alpha value is -2.22. The third-order valence-electron chi connectivity index (χ3n) is 8.96. The van der Waals surface area contributed by atoms with E-state index in [1.54, 1.807) is 12.2 Å². The van der Waals surface area contributed by atoms with Crippen molar-refractivity contribution in [2.45, 2.75) is 76.6 Å². The molecule has 0 saturated heterocycles. The molecule has 0 N–H and O–H groups in total. The molecule has 1 fully saturated rings. The standard InChI is InChI=1S/C31H39ClN2O4S/c1-20-6-5-8-29(35)27-13-10-25(27)19-34-18-24-9-12-26(32)16-22(24)7-3-4-15-38-30-14-11-23(17-28(30)34)31(36)33-39(37)21(20)2/h5,8-9,11-12,14,16,20-21,25,27-28,39H,3-4,6-7,10,13,15,17-19H2,1-2H3/b8-5+/t20-,21+,25-,27+,28?/m0/s1. The zero-order valence-electron chi connectivity index (χ0n) is 22.9. The Bertz CT molecular complexity index is 1300. The lowest BCUT2D eigenvalue weighted by molar-refractivity contribution is -0.123. The number of allylic oxidation sites excluding steroid dienone is 4. The summed E-state index contributed by atoms with van der Waals surface area (Å²) >= 11 is 6.38. The van der Waals surface area contributed by atoms with Crippen molar-refractivity contribution >= 4 is 33.9 Å². The van der Waals surface area contributed by atoms with Crippen LogP contribution < -0.4 is 0 Å². The third-order valence-corrected chi connectivity index (χ3v) is 10.8. The maximum Gasteiger partial charge on any atom is 0.280 e. The lowest BCUT2D eigenvalue weighted by Gasteiger charge is -2.42. The Kier molecular flexibility index (Phi) is 9.09. The number of ketones is 1. The van der Waals surface area contributed by atoms with Gasteiger partial charge in [0.15, 0.2) is 5.78 Å². The quantitative estimate of drug-likeness (QED) is 0.396. The summed E-state index contributed by atoms with van der Waals surface area (Å²) in [6, 6.07) is 5.95. The van der Waals surface area contributed by atoms with Crippen LogP contribution in [0.4, 0.5) is 0 Å². The molecular formula is C31H39ClN2O4S. The van der Waals surface area contributed by atoms with E-state index in [9.17, 15) is 13.8 Å². The second-order valence-corrected chi connectivity index (χ2v) is 13.6. The second kappa shape index (κ2) is 12.5. The Morgan fingerprint density at radius 2 is 1.95 bits per heavy atom. The number of carbonyl (C=O) groups is 2. The summed E-state index contributed by atoms with van der Waals surface area (Å²) in [7, 11) is -2.07. The molecule has 2 bridgehead atoms. The second-order valence-electron chi connectivity index (χ2n) is 11.5. The van der Waals surface area contributed by atoms with Crippen LogP contribution in [0.1, 0.15) is 63.5 Å². The number of halogens is 1. The van der Waals surface area contributed by atoms with Gasteiger partial charge < -0.3 is 4.74 Å². The summed E-state index contributed by atoms with van der Waals surface area (Å²) in [4.78, 5) is 28.8. The first-order chi connectivity index (χ1) is 18.8. The van der Waals surface area contributed by atoms with Gasteiger partial charge in [0, 0.05) is 51.9 Å². The van der Waals surface area contributed by atoms with Gasteiger partial charge in [0.1, 0.15) is 5.76 Å². The van der Waals surface area contributed by atoms with Crippen molar-refractivity contribution in [3.05, 3.63) is 70.0 Å². The molecule has 6 nitrogen and oxygen atoms in total. The van der Waals surface area contributed by atoms with Crippen molar-refractivity contribution < 1.29 is 18.5 Å². The van der Waals surface area contributed by atoms with Crippen molar-refractivity contribution in [1.82, 2.24) is 4.90 Å². The maximum absolute atomic E-state index is 13.3. The van der Waals surface area contributed by atoms with E-state index in [0.717, 1.165) is 49.4 Å². The molecule has 210 valence electrons. The molecule has 2 aliphatic heterocycles. The SMILES string of the molecule is C[C@@H]1[C@@H](C)C/C=C/C(=O)[C@@H]2CC[C@H]2CN2Cc3ccc(Cl)cc3CCCCOC3=CC=C(CC32)C(=O)/N=[SH]\1=O. The number of thiol groups is 1. The van der Waals surface area contributed by atoms with Gasteiger partial charge in [0.25, 0.3) is 5.91 Å². The van der Waals surface area contributed by atoms with Gasteiger partial charge in [-0.2, -0.15) is 4.36 Å². The highest BCUT2D eigenvalue weighted by Gasteiger charge is 2.39. The molecule has 1 aromatic carbocycles. The van der Waals surface area contributed by atoms with Crippen LogP contribution in [0, 0.1) is 17.8 Å². The number of benzene rings is 1. The van der Waals surface area contributed by atoms with Gasteiger partial charge in [-0.25, -0.2) is 0 Å². The Morgan fingerprint density at radius 3 is 2.74 bits per heavy atom. The van der Waals surface area contributed by atoms with Gasteiger partial charge in [-0.3, -0.25) is 18.7 Å². The fourth-order valence-electron chi connectivity index (χ4n) is 6.04. The van der Waals surface area contributed by atoms with Gasteiger partial charge >= 0.3 is 0 Å². The number of hydrogen-bond acceptors (Lipinski definition) is 5. The van der Waals surface area contributed by atoms with E-state index in [1.165, 1.54) is 11.1 Å². The fourth-order valence-corrected chi connectivity index (χ4v) is 7.28. The zero-order valence-corrected chi connectivity index (χ0v) is 24.5. The van der Waals surface area contributed by atoms with Crippen LogP contribution in [-0.4, -0.2) is 45.2 Å². The Morgan fingerprint density at radius 1 is 1.10 bits per heavy atom. The van der Waals surface area contributed by atoms with E-state index in [4.69, 9.17) is 16.3 Å². The van der Waals surface area contributed by atoms with Crippen LogP contribution in [0.5, 0.6) is 0 Å². The van der Waals surface area contributed by atoms with Crippen molar-refractivity contribution in [3.8, 4) is 0 Å². The molecule has 2 unspecified atom stereocenters. The number of rotatable bonds is 0.